The van der Waals surface area contributed by atoms with Crippen LogP contribution in [0, 0.1) is 0 Å². The van der Waals surface area contributed by atoms with E-state index in [2.05, 4.69) is 10.4 Å². The van der Waals surface area contributed by atoms with Gasteiger partial charge in [-0.3, -0.25) is 9.48 Å². The monoisotopic (exact) mass is 459 g/mol. The Morgan fingerprint density at radius 1 is 1.16 bits per heavy atom. The molecule has 4 rings (SSSR count). The smallest absolute Gasteiger partial charge is 0.335 e. The average Bonchev–Trinajstić information content (AvgIpc) is 3.45. The van der Waals surface area contributed by atoms with E-state index in [0.29, 0.717) is 17.9 Å². The van der Waals surface area contributed by atoms with Crippen LogP contribution >= 0.6 is 11.6 Å². The molecule has 0 bridgehead atoms. The van der Waals surface area contributed by atoms with Gasteiger partial charge in [0, 0.05) is 18.5 Å². The average molecular weight is 460 g/mol. The molecule has 1 fully saturated rings. The van der Waals surface area contributed by atoms with E-state index in [1.165, 1.54) is 19.2 Å². The molecular weight excluding hydrogens is 440 g/mol. The molecular formula is C23H20ClF2N3O3. The summed E-state index contributed by atoms with van der Waals surface area (Å²) >= 11 is 5.92. The molecule has 1 heterocycles. The van der Waals surface area contributed by atoms with E-state index in [0.717, 1.165) is 15.8 Å². The minimum absolute atomic E-state index is 0.133. The Morgan fingerprint density at radius 2 is 1.78 bits per heavy atom. The molecule has 2 N–H and O–H groups in total. The van der Waals surface area contributed by atoms with Crippen LogP contribution < -0.4 is 5.32 Å². The van der Waals surface area contributed by atoms with Crippen LogP contribution in [-0.4, -0.2) is 26.8 Å². The van der Waals surface area contributed by atoms with E-state index in [4.69, 9.17) is 16.7 Å². The van der Waals surface area contributed by atoms with Crippen molar-refractivity contribution >= 4 is 23.5 Å². The number of nitrogens with zero attached hydrogens (tertiary/aromatic N) is 2. The molecule has 0 unspecified atom stereocenters. The standard InChI is InChI=1S/C23H20ClF2N3O3/c1-29-19(20(25)26)18(17(28-29)12-13-2-8-16(24)9-3-13)21(30)27-23(10-11-23)15-6-4-14(5-7-15)22(31)32/h2-9,20H,10-12H2,1H3,(H,27,30)(H,31,32). The fraction of sp³-hybridized carbons (Fsp3) is 0.261. The SMILES string of the molecule is Cn1nc(Cc2ccc(Cl)cc2)c(C(=O)NC2(c3ccc(C(=O)O)cc3)CC2)c1C(F)F. The van der Waals surface area contributed by atoms with Gasteiger partial charge >= 0.3 is 5.97 Å². The van der Waals surface area contributed by atoms with E-state index in [1.54, 1.807) is 36.4 Å². The lowest BCUT2D eigenvalue weighted by atomic mass is 10.0. The number of carbonyl (C=O) groups is 2. The Kier molecular flexibility index (Phi) is 5.73. The second-order valence-corrected chi connectivity index (χ2v) is 8.29. The number of alkyl halides is 2. The van der Waals surface area contributed by atoms with Gasteiger partial charge < -0.3 is 10.4 Å². The van der Waals surface area contributed by atoms with Crippen LogP contribution in [0.2, 0.25) is 5.02 Å². The Balaban J connectivity index is 1.65. The normalized spacial score (nSPS) is 14.4. The summed E-state index contributed by atoms with van der Waals surface area (Å²) in [6, 6.07) is 13.1. The summed E-state index contributed by atoms with van der Waals surface area (Å²) in [5.74, 6) is -1.67. The summed E-state index contributed by atoms with van der Waals surface area (Å²) in [5.41, 5.74) is 0.619. The third-order valence-electron chi connectivity index (χ3n) is 5.67. The van der Waals surface area contributed by atoms with E-state index >= 15 is 0 Å². The van der Waals surface area contributed by atoms with E-state index in [9.17, 15) is 18.4 Å². The fourth-order valence-electron chi connectivity index (χ4n) is 3.83. The molecule has 6 nitrogen and oxygen atoms in total. The first-order valence-electron chi connectivity index (χ1n) is 9.95. The van der Waals surface area contributed by atoms with Crippen LogP contribution in [0.5, 0.6) is 0 Å². The van der Waals surface area contributed by atoms with Gasteiger partial charge in [-0.1, -0.05) is 35.9 Å². The number of halogens is 3. The molecule has 32 heavy (non-hydrogen) atoms. The molecule has 0 saturated heterocycles. The number of carboxylic acids is 1. The predicted octanol–water partition coefficient (Wildman–Crippen LogP) is 4.72. The molecule has 166 valence electrons. The van der Waals surface area contributed by atoms with Crippen LogP contribution in [0.1, 0.15) is 62.5 Å². The highest BCUT2D eigenvalue weighted by Crippen LogP contribution is 2.46. The van der Waals surface area contributed by atoms with Gasteiger partial charge in [0.1, 0.15) is 5.69 Å². The fourth-order valence-corrected chi connectivity index (χ4v) is 3.96. The summed E-state index contributed by atoms with van der Waals surface area (Å²) in [6.07, 6.45) is -1.43. The van der Waals surface area contributed by atoms with Gasteiger partial charge in [-0.05, 0) is 48.2 Å². The lowest BCUT2D eigenvalue weighted by Crippen LogP contribution is -2.35. The zero-order chi connectivity index (χ0) is 23.0. The topological polar surface area (TPSA) is 84.2 Å². The molecule has 1 aromatic heterocycles. The number of amides is 1. The van der Waals surface area contributed by atoms with E-state index in [-0.39, 0.29) is 23.2 Å². The zero-order valence-electron chi connectivity index (χ0n) is 17.1. The predicted molar refractivity (Wildman–Crippen MR) is 114 cm³/mol. The third-order valence-corrected chi connectivity index (χ3v) is 5.92. The zero-order valence-corrected chi connectivity index (χ0v) is 17.9. The maximum atomic E-state index is 13.8. The van der Waals surface area contributed by atoms with E-state index < -0.39 is 29.5 Å². The highest BCUT2D eigenvalue weighted by molar-refractivity contribution is 6.30. The molecule has 0 atom stereocenters. The number of hydrogen-bond donors (Lipinski definition) is 2. The molecule has 0 aliphatic heterocycles. The summed E-state index contributed by atoms with van der Waals surface area (Å²) in [7, 11) is 1.39. The maximum Gasteiger partial charge on any atom is 0.335 e. The molecule has 2 aromatic carbocycles. The van der Waals surface area contributed by atoms with Gasteiger partial charge in [0.05, 0.1) is 22.4 Å². The van der Waals surface area contributed by atoms with Crippen molar-refractivity contribution in [3.8, 4) is 0 Å². The second-order valence-electron chi connectivity index (χ2n) is 7.85. The van der Waals surface area contributed by atoms with Crippen molar-refractivity contribution in [2.45, 2.75) is 31.2 Å². The number of carboxylic acid groups (broad SMARTS) is 1. The largest absolute Gasteiger partial charge is 0.478 e. The molecule has 9 heteroatoms. The lowest BCUT2D eigenvalue weighted by molar-refractivity contribution is 0.0696. The molecule has 1 amide bonds. The minimum atomic E-state index is -2.88. The maximum absolute atomic E-state index is 13.8. The first kappa shape index (κ1) is 22.0. The number of aromatic nitrogens is 2. The summed E-state index contributed by atoms with van der Waals surface area (Å²) < 4.78 is 28.7. The Labute approximate surface area is 187 Å². The van der Waals surface area contributed by atoms with Crippen molar-refractivity contribution in [3.63, 3.8) is 0 Å². The Morgan fingerprint density at radius 3 is 2.31 bits per heavy atom. The number of aryl methyl sites for hydroxylation is 1. The number of benzene rings is 2. The van der Waals surface area contributed by atoms with Crippen LogP contribution in [0.25, 0.3) is 0 Å². The van der Waals surface area contributed by atoms with Gasteiger partial charge in [-0.15, -0.1) is 0 Å². The van der Waals surface area contributed by atoms with Crippen LogP contribution in [0.4, 0.5) is 8.78 Å². The van der Waals surface area contributed by atoms with Crippen molar-refractivity contribution in [2.24, 2.45) is 7.05 Å². The highest BCUT2D eigenvalue weighted by atomic mass is 35.5. The molecule has 3 aromatic rings. The number of nitrogens with one attached hydrogen (secondary N) is 1. The lowest BCUT2D eigenvalue weighted by Gasteiger charge is -2.19. The van der Waals surface area contributed by atoms with Crippen molar-refractivity contribution in [2.75, 3.05) is 0 Å². The van der Waals surface area contributed by atoms with Gasteiger partial charge in [-0.2, -0.15) is 5.10 Å². The van der Waals surface area contributed by atoms with Crippen LogP contribution in [0.3, 0.4) is 0 Å². The molecule has 1 aliphatic rings. The van der Waals surface area contributed by atoms with Crippen molar-refractivity contribution in [1.29, 1.82) is 0 Å². The molecule has 1 saturated carbocycles. The second kappa shape index (κ2) is 8.35. The highest BCUT2D eigenvalue weighted by Gasteiger charge is 2.46. The Hall–Kier alpha value is -3.26. The number of aromatic carboxylic acids is 1. The summed E-state index contributed by atoms with van der Waals surface area (Å²) in [6.45, 7) is 0. The van der Waals surface area contributed by atoms with Gasteiger partial charge in [0.2, 0.25) is 0 Å². The van der Waals surface area contributed by atoms with Crippen LogP contribution in [0.15, 0.2) is 48.5 Å². The van der Waals surface area contributed by atoms with Crippen LogP contribution in [-0.2, 0) is 19.0 Å². The van der Waals surface area contributed by atoms with Gasteiger partial charge in [0.15, 0.2) is 0 Å². The number of carbonyl (C=O) groups excluding carboxylic acids is 1. The van der Waals surface area contributed by atoms with Crippen molar-refractivity contribution < 1.29 is 23.5 Å². The van der Waals surface area contributed by atoms with Crippen molar-refractivity contribution in [1.82, 2.24) is 15.1 Å². The van der Waals surface area contributed by atoms with Crippen molar-refractivity contribution in [3.05, 3.63) is 87.2 Å². The van der Waals surface area contributed by atoms with E-state index in [1.807, 2.05) is 0 Å². The molecule has 0 radical (unpaired) electrons. The van der Waals surface area contributed by atoms with Gasteiger partial charge in [-0.25, -0.2) is 13.6 Å². The quantitative estimate of drug-likeness (QED) is 0.535. The number of rotatable bonds is 7. The van der Waals surface area contributed by atoms with Gasteiger partial charge in [0.25, 0.3) is 12.3 Å². The third kappa shape index (κ3) is 4.23. The summed E-state index contributed by atoms with van der Waals surface area (Å²) in [5, 5.41) is 16.7. The minimum Gasteiger partial charge on any atom is -0.478 e. The first-order chi connectivity index (χ1) is 15.2. The summed E-state index contributed by atoms with van der Waals surface area (Å²) in [4.78, 5) is 24.3. The molecule has 0 spiro atoms. The molecule has 1 aliphatic carbocycles. The Bertz CT molecular complexity index is 1170. The number of hydrogen-bond acceptors (Lipinski definition) is 3. The first-order valence-corrected chi connectivity index (χ1v) is 10.3.